The molecular formula is C12H19N5. The van der Waals surface area contributed by atoms with Crippen molar-refractivity contribution in [3.8, 4) is 0 Å². The van der Waals surface area contributed by atoms with Crippen LogP contribution in [-0.4, -0.2) is 26.1 Å². The van der Waals surface area contributed by atoms with Crippen molar-refractivity contribution in [2.24, 2.45) is 11.3 Å². The summed E-state index contributed by atoms with van der Waals surface area (Å²) in [6.45, 7) is 9.81. The summed E-state index contributed by atoms with van der Waals surface area (Å²) < 4.78 is 1.86. The lowest BCUT2D eigenvalue weighted by atomic mass is 9.81. The Morgan fingerprint density at radius 2 is 2.18 bits per heavy atom. The lowest BCUT2D eigenvalue weighted by Gasteiger charge is -2.29. The van der Waals surface area contributed by atoms with Crippen LogP contribution in [0.15, 0.2) is 18.7 Å². The second-order valence-corrected chi connectivity index (χ2v) is 5.33. The van der Waals surface area contributed by atoms with Gasteiger partial charge in [-0.05, 0) is 11.3 Å². The minimum absolute atomic E-state index is 0.217. The molecule has 5 heteroatoms. The third-order valence-corrected chi connectivity index (χ3v) is 3.49. The number of hydrogen-bond acceptors (Lipinski definition) is 4. The van der Waals surface area contributed by atoms with Crippen molar-refractivity contribution >= 4 is 11.5 Å². The molecule has 0 saturated heterocycles. The summed E-state index contributed by atoms with van der Waals surface area (Å²) in [4.78, 5) is 4.31. The first-order valence-corrected chi connectivity index (χ1v) is 5.89. The van der Waals surface area contributed by atoms with Gasteiger partial charge in [-0.15, -0.1) is 10.2 Å². The molecule has 0 amide bonds. The average Bonchev–Trinajstić information content (AvgIpc) is 2.74. The van der Waals surface area contributed by atoms with Crippen LogP contribution >= 0.6 is 0 Å². The predicted molar refractivity (Wildman–Crippen MR) is 67.9 cm³/mol. The Balaban J connectivity index is 2.17. The van der Waals surface area contributed by atoms with Gasteiger partial charge < -0.3 is 5.32 Å². The van der Waals surface area contributed by atoms with Crippen molar-refractivity contribution in [2.45, 2.75) is 27.7 Å². The van der Waals surface area contributed by atoms with E-state index in [9.17, 15) is 0 Å². The molecular weight excluding hydrogens is 214 g/mol. The third kappa shape index (κ3) is 2.38. The van der Waals surface area contributed by atoms with Crippen LogP contribution in [0.2, 0.25) is 0 Å². The molecule has 0 atom stereocenters. The summed E-state index contributed by atoms with van der Waals surface area (Å²) in [6.07, 6.45) is 5.27. The summed E-state index contributed by atoms with van der Waals surface area (Å²) >= 11 is 0. The fraction of sp³-hybridized carbons (Fsp3) is 0.583. The summed E-state index contributed by atoms with van der Waals surface area (Å²) in [7, 11) is 0. The highest BCUT2D eigenvalue weighted by molar-refractivity contribution is 5.61. The van der Waals surface area contributed by atoms with E-state index in [1.165, 1.54) is 0 Å². The van der Waals surface area contributed by atoms with E-state index >= 15 is 0 Å². The van der Waals surface area contributed by atoms with E-state index in [0.717, 1.165) is 18.0 Å². The molecule has 92 valence electrons. The van der Waals surface area contributed by atoms with Crippen molar-refractivity contribution in [1.82, 2.24) is 19.6 Å². The minimum atomic E-state index is 0.217. The Hall–Kier alpha value is -1.65. The maximum atomic E-state index is 4.31. The quantitative estimate of drug-likeness (QED) is 0.879. The highest BCUT2D eigenvalue weighted by atomic mass is 15.2. The Bertz CT molecular complexity index is 500. The maximum absolute atomic E-state index is 4.31. The van der Waals surface area contributed by atoms with Gasteiger partial charge in [-0.1, -0.05) is 27.7 Å². The van der Waals surface area contributed by atoms with Crippen LogP contribution < -0.4 is 5.32 Å². The van der Waals surface area contributed by atoms with Crippen molar-refractivity contribution in [3.05, 3.63) is 18.7 Å². The van der Waals surface area contributed by atoms with Crippen LogP contribution in [0, 0.1) is 11.3 Å². The van der Waals surface area contributed by atoms with E-state index < -0.39 is 0 Å². The van der Waals surface area contributed by atoms with Gasteiger partial charge in [0.25, 0.3) is 0 Å². The van der Waals surface area contributed by atoms with Crippen molar-refractivity contribution in [1.29, 1.82) is 0 Å². The van der Waals surface area contributed by atoms with Crippen LogP contribution in [-0.2, 0) is 0 Å². The zero-order valence-corrected chi connectivity index (χ0v) is 10.8. The van der Waals surface area contributed by atoms with E-state index in [2.05, 4.69) is 48.2 Å². The Morgan fingerprint density at radius 1 is 1.41 bits per heavy atom. The fourth-order valence-corrected chi connectivity index (χ4v) is 1.40. The number of nitrogens with one attached hydrogen (secondary N) is 1. The number of rotatable bonds is 4. The van der Waals surface area contributed by atoms with Crippen molar-refractivity contribution < 1.29 is 0 Å². The number of nitrogens with zero attached hydrogens (tertiary/aromatic N) is 4. The number of hydrogen-bond donors (Lipinski definition) is 1. The normalized spacial score (nSPS) is 12.3. The Labute approximate surface area is 101 Å². The number of fused-ring (bicyclic) bond motifs is 1. The van der Waals surface area contributed by atoms with Gasteiger partial charge in [0.1, 0.15) is 6.33 Å². The molecule has 2 aromatic rings. The third-order valence-electron chi connectivity index (χ3n) is 3.49. The molecule has 2 heterocycles. The molecule has 2 aromatic heterocycles. The molecule has 1 N–H and O–H groups in total. The molecule has 0 saturated carbocycles. The topological polar surface area (TPSA) is 55.1 Å². The first kappa shape index (κ1) is 11.8. The number of anilines is 1. The molecule has 0 aliphatic carbocycles. The SMILES string of the molecule is CC(C)C(C)(C)CNc1nccn2cnnc12. The summed E-state index contributed by atoms with van der Waals surface area (Å²) in [5, 5.41) is 11.3. The van der Waals surface area contributed by atoms with Gasteiger partial charge in [0.15, 0.2) is 5.82 Å². The van der Waals surface area contributed by atoms with E-state index in [1.807, 2.05) is 10.6 Å². The zero-order chi connectivity index (χ0) is 12.5. The molecule has 2 rings (SSSR count). The highest BCUT2D eigenvalue weighted by Gasteiger charge is 2.22. The van der Waals surface area contributed by atoms with E-state index in [1.54, 1.807) is 12.5 Å². The van der Waals surface area contributed by atoms with Crippen LogP contribution in [0.5, 0.6) is 0 Å². The van der Waals surface area contributed by atoms with Gasteiger partial charge in [-0.2, -0.15) is 0 Å². The van der Waals surface area contributed by atoms with Gasteiger partial charge in [-0.3, -0.25) is 4.40 Å². The molecule has 0 aliphatic rings. The molecule has 5 nitrogen and oxygen atoms in total. The van der Waals surface area contributed by atoms with Crippen LogP contribution in [0.3, 0.4) is 0 Å². The second-order valence-electron chi connectivity index (χ2n) is 5.33. The summed E-state index contributed by atoms with van der Waals surface area (Å²) in [5.41, 5.74) is 0.987. The first-order valence-electron chi connectivity index (χ1n) is 5.89. The minimum Gasteiger partial charge on any atom is -0.366 e. The van der Waals surface area contributed by atoms with Crippen LogP contribution in [0.4, 0.5) is 5.82 Å². The van der Waals surface area contributed by atoms with Crippen LogP contribution in [0.1, 0.15) is 27.7 Å². The summed E-state index contributed by atoms with van der Waals surface area (Å²) in [6, 6.07) is 0. The molecule has 17 heavy (non-hydrogen) atoms. The van der Waals surface area contributed by atoms with Gasteiger partial charge in [0.2, 0.25) is 5.65 Å². The van der Waals surface area contributed by atoms with E-state index in [4.69, 9.17) is 0 Å². The fourth-order valence-electron chi connectivity index (χ4n) is 1.40. The smallest absolute Gasteiger partial charge is 0.203 e. The molecule has 0 fully saturated rings. The highest BCUT2D eigenvalue weighted by Crippen LogP contribution is 2.26. The lowest BCUT2D eigenvalue weighted by Crippen LogP contribution is -2.28. The largest absolute Gasteiger partial charge is 0.366 e. The molecule has 0 aromatic carbocycles. The average molecular weight is 233 g/mol. The maximum Gasteiger partial charge on any atom is 0.203 e. The molecule has 0 unspecified atom stereocenters. The van der Waals surface area contributed by atoms with Crippen LogP contribution in [0.25, 0.3) is 5.65 Å². The van der Waals surface area contributed by atoms with Crippen molar-refractivity contribution in [2.75, 3.05) is 11.9 Å². The molecule has 0 bridgehead atoms. The van der Waals surface area contributed by atoms with E-state index in [0.29, 0.717) is 5.92 Å². The Kier molecular flexibility index (Phi) is 3.00. The summed E-state index contributed by atoms with van der Waals surface area (Å²) in [5.74, 6) is 1.39. The Morgan fingerprint density at radius 3 is 2.88 bits per heavy atom. The second kappa shape index (κ2) is 4.31. The predicted octanol–water partition coefficient (Wildman–Crippen LogP) is 2.22. The lowest BCUT2D eigenvalue weighted by molar-refractivity contribution is 0.269. The van der Waals surface area contributed by atoms with Gasteiger partial charge in [0, 0.05) is 18.9 Å². The van der Waals surface area contributed by atoms with E-state index in [-0.39, 0.29) is 5.41 Å². The van der Waals surface area contributed by atoms with Crippen molar-refractivity contribution in [3.63, 3.8) is 0 Å². The monoisotopic (exact) mass is 233 g/mol. The van der Waals surface area contributed by atoms with Gasteiger partial charge in [-0.25, -0.2) is 4.98 Å². The molecule has 0 radical (unpaired) electrons. The van der Waals surface area contributed by atoms with Gasteiger partial charge in [0.05, 0.1) is 0 Å². The molecule has 0 spiro atoms. The molecule has 0 aliphatic heterocycles. The standard InChI is InChI=1S/C12H19N5/c1-9(2)12(3,4)7-14-10-11-16-15-8-17(11)6-5-13-10/h5-6,8-9H,7H2,1-4H3,(H,13,14). The number of aromatic nitrogens is 4. The van der Waals surface area contributed by atoms with Gasteiger partial charge >= 0.3 is 0 Å². The zero-order valence-electron chi connectivity index (χ0n) is 10.8. The first-order chi connectivity index (χ1) is 8.00.